The predicted octanol–water partition coefficient (Wildman–Crippen LogP) is -0.807. The molecule has 0 saturated carbocycles. The van der Waals surface area contributed by atoms with Gasteiger partial charge in [0.2, 0.25) is 0 Å². The second-order valence-corrected chi connectivity index (χ2v) is 5.14. The molecular formula is C15H22O8. The van der Waals surface area contributed by atoms with Gasteiger partial charge in [-0.25, -0.2) is 0 Å². The molecule has 0 bridgehead atoms. The van der Waals surface area contributed by atoms with Crippen LogP contribution in [0.15, 0.2) is 18.2 Å². The van der Waals surface area contributed by atoms with Gasteiger partial charge in [0.15, 0.2) is 17.8 Å². The standard InChI is InChI=1S/C15H22O8/c1-20-10-4-3-8(5-11(10)21-2)15-22-12(7-17)13(19)14(23-15)9(18)6-16/h3-5,9,12-19H,6-7H2,1-2H3/t9-,12+,13-,14?,15?/m1/s1. The van der Waals surface area contributed by atoms with E-state index in [1.54, 1.807) is 18.2 Å². The minimum Gasteiger partial charge on any atom is -0.493 e. The second kappa shape index (κ2) is 7.91. The summed E-state index contributed by atoms with van der Waals surface area (Å²) in [5.41, 5.74) is 0.558. The Bertz CT molecular complexity index is 508. The van der Waals surface area contributed by atoms with Crippen LogP contribution < -0.4 is 9.47 Å². The first kappa shape index (κ1) is 17.9. The van der Waals surface area contributed by atoms with E-state index < -0.39 is 43.9 Å². The first-order chi connectivity index (χ1) is 11.0. The highest BCUT2D eigenvalue weighted by atomic mass is 16.7. The third kappa shape index (κ3) is 3.74. The lowest BCUT2D eigenvalue weighted by Crippen LogP contribution is -2.54. The molecule has 0 radical (unpaired) electrons. The van der Waals surface area contributed by atoms with Gasteiger partial charge in [0, 0.05) is 5.56 Å². The maximum absolute atomic E-state index is 10.1. The van der Waals surface area contributed by atoms with Gasteiger partial charge in [-0.1, -0.05) is 6.07 Å². The molecule has 2 rings (SSSR count). The maximum atomic E-state index is 10.1. The summed E-state index contributed by atoms with van der Waals surface area (Å²) in [6.07, 6.45) is -5.55. The lowest BCUT2D eigenvalue weighted by Gasteiger charge is -2.40. The Hall–Kier alpha value is -1.42. The van der Waals surface area contributed by atoms with Crippen LogP contribution >= 0.6 is 0 Å². The molecule has 4 N–H and O–H groups in total. The summed E-state index contributed by atoms with van der Waals surface area (Å²) in [4.78, 5) is 0. The fraction of sp³-hybridized carbons (Fsp3) is 0.600. The fourth-order valence-electron chi connectivity index (χ4n) is 2.44. The van der Waals surface area contributed by atoms with Crippen molar-refractivity contribution in [3.8, 4) is 11.5 Å². The molecule has 2 unspecified atom stereocenters. The molecule has 0 aliphatic carbocycles. The van der Waals surface area contributed by atoms with Crippen LogP contribution in [-0.2, 0) is 9.47 Å². The Morgan fingerprint density at radius 1 is 1.13 bits per heavy atom. The highest BCUT2D eigenvalue weighted by Gasteiger charge is 2.42. The molecule has 1 aliphatic rings. The number of benzene rings is 1. The van der Waals surface area contributed by atoms with E-state index in [1.807, 2.05) is 0 Å². The molecule has 1 aliphatic heterocycles. The van der Waals surface area contributed by atoms with Gasteiger partial charge in [0.05, 0.1) is 27.4 Å². The van der Waals surface area contributed by atoms with E-state index in [-0.39, 0.29) is 0 Å². The quantitative estimate of drug-likeness (QED) is 0.535. The molecule has 0 aromatic heterocycles. The average molecular weight is 330 g/mol. The van der Waals surface area contributed by atoms with Crippen molar-refractivity contribution in [1.82, 2.24) is 0 Å². The molecule has 0 amide bonds. The summed E-state index contributed by atoms with van der Waals surface area (Å²) in [5, 5.41) is 38.3. The van der Waals surface area contributed by atoms with Gasteiger partial charge in [-0.3, -0.25) is 0 Å². The summed E-state index contributed by atoms with van der Waals surface area (Å²) in [5.74, 6) is 0.987. The van der Waals surface area contributed by atoms with E-state index in [0.29, 0.717) is 17.1 Å². The van der Waals surface area contributed by atoms with E-state index >= 15 is 0 Å². The maximum Gasteiger partial charge on any atom is 0.185 e. The summed E-state index contributed by atoms with van der Waals surface area (Å²) < 4.78 is 21.4. The molecule has 1 heterocycles. The second-order valence-electron chi connectivity index (χ2n) is 5.14. The Morgan fingerprint density at radius 2 is 1.83 bits per heavy atom. The molecule has 130 valence electrons. The van der Waals surface area contributed by atoms with Crippen molar-refractivity contribution >= 4 is 0 Å². The van der Waals surface area contributed by atoms with Crippen molar-refractivity contribution in [2.24, 2.45) is 0 Å². The molecule has 1 aromatic carbocycles. The van der Waals surface area contributed by atoms with E-state index in [0.717, 1.165) is 0 Å². The van der Waals surface area contributed by atoms with Gasteiger partial charge in [-0.2, -0.15) is 0 Å². The van der Waals surface area contributed by atoms with Crippen LogP contribution in [0.1, 0.15) is 11.9 Å². The van der Waals surface area contributed by atoms with Gasteiger partial charge >= 0.3 is 0 Å². The van der Waals surface area contributed by atoms with Gasteiger partial charge < -0.3 is 39.4 Å². The van der Waals surface area contributed by atoms with Crippen molar-refractivity contribution in [3.63, 3.8) is 0 Å². The van der Waals surface area contributed by atoms with Crippen LogP contribution in [0.4, 0.5) is 0 Å². The minimum absolute atomic E-state index is 0.455. The summed E-state index contributed by atoms with van der Waals surface area (Å²) >= 11 is 0. The largest absolute Gasteiger partial charge is 0.493 e. The number of aliphatic hydroxyl groups is 4. The molecule has 1 fully saturated rings. The summed E-state index contributed by atoms with van der Waals surface area (Å²) in [6.45, 7) is -1.04. The molecule has 0 spiro atoms. The van der Waals surface area contributed by atoms with Crippen LogP contribution in [-0.4, -0.2) is 72.3 Å². The van der Waals surface area contributed by atoms with Gasteiger partial charge in [0.1, 0.15) is 24.4 Å². The summed E-state index contributed by atoms with van der Waals surface area (Å²) in [6, 6.07) is 4.98. The molecule has 1 saturated heterocycles. The van der Waals surface area contributed by atoms with Crippen molar-refractivity contribution in [1.29, 1.82) is 0 Å². The van der Waals surface area contributed by atoms with Gasteiger partial charge in [0.25, 0.3) is 0 Å². The number of rotatable bonds is 6. The van der Waals surface area contributed by atoms with E-state index in [2.05, 4.69) is 0 Å². The number of hydrogen-bond acceptors (Lipinski definition) is 8. The molecule has 8 nitrogen and oxygen atoms in total. The third-order valence-corrected chi connectivity index (χ3v) is 3.72. The Balaban J connectivity index is 2.27. The first-order valence-corrected chi connectivity index (χ1v) is 7.16. The van der Waals surface area contributed by atoms with Crippen molar-refractivity contribution in [2.75, 3.05) is 27.4 Å². The number of methoxy groups -OCH3 is 2. The Morgan fingerprint density at radius 3 is 2.39 bits per heavy atom. The molecular weight excluding hydrogens is 308 g/mol. The molecule has 1 aromatic rings. The average Bonchev–Trinajstić information content (AvgIpc) is 2.60. The van der Waals surface area contributed by atoms with Crippen LogP contribution in [0.25, 0.3) is 0 Å². The normalized spacial score (nSPS) is 29.1. The minimum atomic E-state index is -1.30. The topological polar surface area (TPSA) is 118 Å². The lowest BCUT2D eigenvalue weighted by molar-refractivity contribution is -0.310. The number of ether oxygens (including phenoxy) is 4. The van der Waals surface area contributed by atoms with Crippen LogP contribution in [0, 0.1) is 0 Å². The predicted molar refractivity (Wildman–Crippen MR) is 78.2 cm³/mol. The molecule has 5 atom stereocenters. The van der Waals surface area contributed by atoms with E-state index in [4.69, 9.17) is 24.1 Å². The van der Waals surface area contributed by atoms with E-state index in [9.17, 15) is 15.3 Å². The van der Waals surface area contributed by atoms with Gasteiger partial charge in [-0.15, -0.1) is 0 Å². The Labute approximate surface area is 133 Å². The van der Waals surface area contributed by atoms with Gasteiger partial charge in [-0.05, 0) is 12.1 Å². The number of aliphatic hydroxyl groups excluding tert-OH is 4. The number of hydrogen-bond donors (Lipinski definition) is 4. The zero-order chi connectivity index (χ0) is 17.0. The highest BCUT2D eigenvalue weighted by molar-refractivity contribution is 5.43. The van der Waals surface area contributed by atoms with Crippen LogP contribution in [0.3, 0.4) is 0 Å². The zero-order valence-electron chi connectivity index (χ0n) is 13.0. The lowest BCUT2D eigenvalue weighted by atomic mass is 10.0. The smallest absolute Gasteiger partial charge is 0.185 e. The first-order valence-electron chi connectivity index (χ1n) is 7.16. The fourth-order valence-corrected chi connectivity index (χ4v) is 2.44. The summed E-state index contributed by atoms with van der Waals surface area (Å²) in [7, 11) is 3.00. The third-order valence-electron chi connectivity index (χ3n) is 3.72. The van der Waals surface area contributed by atoms with Crippen molar-refractivity contribution in [3.05, 3.63) is 23.8 Å². The van der Waals surface area contributed by atoms with Crippen molar-refractivity contribution < 1.29 is 39.4 Å². The van der Waals surface area contributed by atoms with E-state index in [1.165, 1.54) is 14.2 Å². The zero-order valence-corrected chi connectivity index (χ0v) is 13.0. The molecule has 23 heavy (non-hydrogen) atoms. The van der Waals surface area contributed by atoms with Crippen LogP contribution in [0.2, 0.25) is 0 Å². The molecule has 8 heteroatoms. The monoisotopic (exact) mass is 330 g/mol. The Kier molecular flexibility index (Phi) is 6.17. The van der Waals surface area contributed by atoms with Crippen LogP contribution in [0.5, 0.6) is 11.5 Å². The SMILES string of the molecule is COc1ccc(C2OC([C@H](O)CO)[C@H](O)[C@H](CO)O2)cc1OC. The van der Waals surface area contributed by atoms with Crippen molar-refractivity contribution in [2.45, 2.75) is 30.7 Å². The highest BCUT2D eigenvalue weighted by Crippen LogP contribution is 2.36.